The molecule has 8 heteroatoms. The summed E-state index contributed by atoms with van der Waals surface area (Å²) in [6.45, 7) is 4.76. The first-order chi connectivity index (χ1) is 13.9. The van der Waals surface area contributed by atoms with Crippen LogP contribution in [0, 0.1) is 13.8 Å². The molecule has 7 nitrogen and oxygen atoms in total. The highest BCUT2D eigenvalue weighted by Crippen LogP contribution is 2.22. The molecule has 0 atom stereocenters. The van der Waals surface area contributed by atoms with Crippen molar-refractivity contribution < 1.29 is 13.2 Å². The van der Waals surface area contributed by atoms with E-state index in [9.17, 15) is 13.2 Å². The Morgan fingerprint density at radius 1 is 1.10 bits per heavy atom. The highest BCUT2D eigenvalue weighted by atomic mass is 32.2. The van der Waals surface area contributed by atoms with Gasteiger partial charge in [-0.1, -0.05) is 24.3 Å². The first-order valence-electron chi connectivity index (χ1n) is 9.30. The Kier molecular flexibility index (Phi) is 6.33. The van der Waals surface area contributed by atoms with Crippen LogP contribution in [-0.4, -0.2) is 30.4 Å². The van der Waals surface area contributed by atoms with Gasteiger partial charge in [0.2, 0.25) is 0 Å². The number of anilines is 1. The third-order valence-corrected chi connectivity index (χ3v) is 6.07. The number of nitrogens with zero attached hydrogens (tertiary/aromatic N) is 2. The average molecular weight is 413 g/mol. The molecule has 1 amide bonds. The standard InChI is InChI=1S/C21H24N4O3S/c1-16-6-3-4-7-19(16)24-29(27,28)20-14-18(9-8-17(20)2)21(26)23-10-5-12-25-13-11-22-15-25/h3-4,6-9,11,13-15,24H,5,10,12H2,1-2H3,(H,23,26). The fourth-order valence-electron chi connectivity index (χ4n) is 2.90. The number of aromatic nitrogens is 2. The molecule has 152 valence electrons. The highest BCUT2D eigenvalue weighted by Gasteiger charge is 2.20. The van der Waals surface area contributed by atoms with Gasteiger partial charge in [-0.3, -0.25) is 9.52 Å². The molecule has 0 aliphatic rings. The van der Waals surface area contributed by atoms with Crippen LogP contribution < -0.4 is 10.0 Å². The second-order valence-electron chi connectivity index (χ2n) is 6.81. The lowest BCUT2D eigenvalue weighted by Crippen LogP contribution is -2.25. The maximum Gasteiger partial charge on any atom is 0.262 e. The van der Waals surface area contributed by atoms with E-state index in [4.69, 9.17) is 0 Å². The number of aryl methyl sites for hydroxylation is 3. The van der Waals surface area contributed by atoms with E-state index in [2.05, 4.69) is 15.0 Å². The lowest BCUT2D eigenvalue weighted by Gasteiger charge is -2.13. The summed E-state index contributed by atoms with van der Waals surface area (Å²) in [4.78, 5) is 16.5. The Bertz CT molecular complexity index is 1090. The molecule has 0 bridgehead atoms. The second-order valence-corrected chi connectivity index (χ2v) is 8.46. The number of hydrogen-bond acceptors (Lipinski definition) is 4. The molecule has 0 unspecified atom stereocenters. The summed E-state index contributed by atoms with van der Waals surface area (Å²) in [5.74, 6) is -0.303. The van der Waals surface area contributed by atoms with Crippen LogP contribution in [0.25, 0.3) is 0 Å². The van der Waals surface area contributed by atoms with Gasteiger partial charge < -0.3 is 9.88 Å². The Hall–Kier alpha value is -3.13. The van der Waals surface area contributed by atoms with Crippen LogP contribution in [0.5, 0.6) is 0 Å². The third kappa shape index (κ3) is 5.23. The molecule has 2 aromatic carbocycles. The van der Waals surface area contributed by atoms with Gasteiger partial charge in [0.25, 0.3) is 15.9 Å². The van der Waals surface area contributed by atoms with Gasteiger partial charge in [0, 0.05) is 31.0 Å². The maximum absolute atomic E-state index is 12.9. The van der Waals surface area contributed by atoms with Crippen LogP contribution in [0.4, 0.5) is 5.69 Å². The number of carbonyl (C=O) groups is 1. The van der Waals surface area contributed by atoms with E-state index in [0.29, 0.717) is 23.4 Å². The number of hydrogen-bond donors (Lipinski definition) is 2. The fourth-order valence-corrected chi connectivity index (χ4v) is 4.31. The zero-order valence-electron chi connectivity index (χ0n) is 16.4. The van der Waals surface area contributed by atoms with Gasteiger partial charge in [0.1, 0.15) is 0 Å². The Labute approximate surface area is 170 Å². The van der Waals surface area contributed by atoms with E-state index >= 15 is 0 Å². The Morgan fingerprint density at radius 2 is 1.90 bits per heavy atom. The van der Waals surface area contributed by atoms with Gasteiger partial charge in [-0.25, -0.2) is 13.4 Å². The van der Waals surface area contributed by atoms with Crippen molar-refractivity contribution in [2.75, 3.05) is 11.3 Å². The van der Waals surface area contributed by atoms with E-state index in [1.54, 1.807) is 43.7 Å². The molecular weight excluding hydrogens is 388 g/mol. The second kappa shape index (κ2) is 8.91. The van der Waals surface area contributed by atoms with Crippen LogP contribution in [0.2, 0.25) is 0 Å². The van der Waals surface area contributed by atoms with Crippen molar-refractivity contribution in [2.45, 2.75) is 31.7 Å². The lowest BCUT2D eigenvalue weighted by atomic mass is 10.1. The lowest BCUT2D eigenvalue weighted by molar-refractivity contribution is 0.0952. The third-order valence-electron chi connectivity index (χ3n) is 4.57. The monoisotopic (exact) mass is 412 g/mol. The fraction of sp³-hybridized carbons (Fsp3) is 0.238. The maximum atomic E-state index is 12.9. The van der Waals surface area contributed by atoms with Crippen LogP contribution >= 0.6 is 0 Å². The Balaban J connectivity index is 1.69. The number of amides is 1. The van der Waals surface area contributed by atoms with Crippen molar-refractivity contribution in [2.24, 2.45) is 0 Å². The van der Waals surface area contributed by atoms with E-state index < -0.39 is 10.0 Å². The molecular formula is C21H24N4O3S. The molecule has 3 aromatic rings. The van der Waals surface area contributed by atoms with Crippen molar-refractivity contribution >= 4 is 21.6 Å². The van der Waals surface area contributed by atoms with Gasteiger partial charge in [0.05, 0.1) is 16.9 Å². The van der Waals surface area contributed by atoms with Crippen molar-refractivity contribution in [3.05, 3.63) is 77.9 Å². The van der Waals surface area contributed by atoms with E-state index in [0.717, 1.165) is 18.5 Å². The molecule has 0 saturated heterocycles. The normalized spacial score (nSPS) is 11.2. The number of carbonyl (C=O) groups excluding carboxylic acids is 1. The summed E-state index contributed by atoms with van der Waals surface area (Å²) in [5.41, 5.74) is 2.22. The molecule has 0 aliphatic heterocycles. The zero-order chi connectivity index (χ0) is 20.9. The van der Waals surface area contributed by atoms with Crippen molar-refractivity contribution in [1.29, 1.82) is 0 Å². The molecule has 2 N–H and O–H groups in total. The molecule has 29 heavy (non-hydrogen) atoms. The summed E-state index contributed by atoms with van der Waals surface area (Å²) < 4.78 is 30.3. The summed E-state index contributed by atoms with van der Waals surface area (Å²) in [7, 11) is -3.82. The predicted octanol–water partition coefficient (Wildman–Crippen LogP) is 3.12. The molecule has 0 fully saturated rings. The highest BCUT2D eigenvalue weighted by molar-refractivity contribution is 7.92. The van der Waals surface area contributed by atoms with Crippen LogP contribution in [-0.2, 0) is 16.6 Å². The van der Waals surface area contributed by atoms with Crippen LogP contribution in [0.15, 0.2) is 66.1 Å². The largest absolute Gasteiger partial charge is 0.352 e. The van der Waals surface area contributed by atoms with Gasteiger partial charge in [-0.15, -0.1) is 0 Å². The number of rotatable bonds is 8. The molecule has 1 heterocycles. The first kappa shape index (κ1) is 20.6. The number of nitrogens with one attached hydrogen (secondary N) is 2. The quantitative estimate of drug-likeness (QED) is 0.556. The van der Waals surface area contributed by atoms with E-state index in [-0.39, 0.29) is 10.8 Å². The summed E-state index contributed by atoms with van der Waals surface area (Å²) in [6.07, 6.45) is 6.03. The number of benzene rings is 2. The van der Waals surface area contributed by atoms with Crippen LogP contribution in [0.1, 0.15) is 27.9 Å². The summed E-state index contributed by atoms with van der Waals surface area (Å²) >= 11 is 0. The van der Waals surface area contributed by atoms with Crippen molar-refractivity contribution in [3.8, 4) is 0 Å². The minimum atomic E-state index is -3.82. The van der Waals surface area contributed by atoms with E-state index in [1.807, 2.05) is 29.8 Å². The first-order valence-corrected chi connectivity index (χ1v) is 10.8. The van der Waals surface area contributed by atoms with Gasteiger partial charge >= 0.3 is 0 Å². The molecule has 0 saturated carbocycles. The van der Waals surface area contributed by atoms with Gasteiger partial charge in [-0.2, -0.15) is 0 Å². The summed E-state index contributed by atoms with van der Waals surface area (Å²) in [5, 5.41) is 2.83. The molecule has 0 aliphatic carbocycles. The minimum absolute atomic E-state index is 0.0896. The summed E-state index contributed by atoms with van der Waals surface area (Å²) in [6, 6.07) is 11.8. The predicted molar refractivity (Wildman–Crippen MR) is 112 cm³/mol. The number of sulfonamides is 1. The van der Waals surface area contributed by atoms with E-state index in [1.165, 1.54) is 6.07 Å². The van der Waals surface area contributed by atoms with Gasteiger partial charge in [0.15, 0.2) is 0 Å². The average Bonchev–Trinajstić information content (AvgIpc) is 3.20. The molecule has 1 aromatic heterocycles. The van der Waals surface area contributed by atoms with Crippen molar-refractivity contribution in [3.63, 3.8) is 0 Å². The topological polar surface area (TPSA) is 93.1 Å². The SMILES string of the molecule is Cc1ccccc1NS(=O)(=O)c1cc(C(=O)NCCCn2ccnc2)ccc1C. The molecule has 3 rings (SSSR count). The number of imidazole rings is 1. The minimum Gasteiger partial charge on any atom is -0.352 e. The molecule has 0 radical (unpaired) electrons. The van der Waals surface area contributed by atoms with Crippen molar-refractivity contribution in [1.82, 2.24) is 14.9 Å². The smallest absolute Gasteiger partial charge is 0.262 e. The Morgan fingerprint density at radius 3 is 2.62 bits per heavy atom. The number of para-hydroxylation sites is 1. The zero-order valence-corrected chi connectivity index (χ0v) is 17.2. The van der Waals surface area contributed by atoms with Gasteiger partial charge in [-0.05, 0) is 49.6 Å². The molecule has 0 spiro atoms. The van der Waals surface area contributed by atoms with Crippen LogP contribution in [0.3, 0.4) is 0 Å².